The molecule has 0 saturated carbocycles. The molecule has 0 amide bonds. The molecule has 0 spiro atoms. The summed E-state index contributed by atoms with van der Waals surface area (Å²) in [5, 5.41) is 3.20. The summed E-state index contributed by atoms with van der Waals surface area (Å²) in [6.07, 6.45) is 1.86. The number of hydrogen-bond donors (Lipinski definition) is 1. The molecule has 1 aromatic rings. The Morgan fingerprint density at radius 3 is 3.00 bits per heavy atom. The highest BCUT2D eigenvalue weighted by molar-refractivity contribution is 5.82. The van der Waals surface area contributed by atoms with Crippen LogP contribution in [0.1, 0.15) is 12.5 Å². The fourth-order valence-electron chi connectivity index (χ4n) is 1.47. The van der Waals surface area contributed by atoms with Gasteiger partial charge in [0.1, 0.15) is 5.76 Å². The maximum Gasteiger partial charge on any atom is 0.308 e. The third-order valence-corrected chi connectivity index (χ3v) is 2.03. The van der Waals surface area contributed by atoms with Crippen molar-refractivity contribution in [2.45, 2.75) is 6.92 Å². The van der Waals surface area contributed by atoms with Crippen molar-refractivity contribution in [3.8, 4) is 0 Å². The lowest BCUT2D eigenvalue weighted by molar-refractivity contribution is -0.134. The summed E-state index contributed by atoms with van der Waals surface area (Å²) in [4.78, 5) is 10.8. The Bertz CT molecular complexity index is 396. The third-order valence-electron chi connectivity index (χ3n) is 2.03. The summed E-state index contributed by atoms with van der Waals surface area (Å²) in [5.74, 6) is 0.361. The number of hydrogen-bond acceptors (Lipinski definition) is 3. The van der Waals surface area contributed by atoms with Crippen LogP contribution >= 0.6 is 0 Å². The second-order valence-electron chi connectivity index (χ2n) is 3.09. The van der Waals surface area contributed by atoms with Gasteiger partial charge in [-0.25, -0.2) is 0 Å². The molecule has 0 atom stereocenters. The zero-order chi connectivity index (χ0) is 9.97. The second kappa shape index (κ2) is 3.54. The minimum absolute atomic E-state index is 0.284. The van der Waals surface area contributed by atoms with E-state index in [1.54, 1.807) is 0 Å². The quantitative estimate of drug-likeness (QED) is 0.687. The van der Waals surface area contributed by atoms with Gasteiger partial charge in [0.2, 0.25) is 0 Å². The molecule has 14 heavy (non-hydrogen) atoms. The summed E-state index contributed by atoms with van der Waals surface area (Å²) in [6, 6.07) is 7.76. The lowest BCUT2D eigenvalue weighted by atomic mass is 10.1. The van der Waals surface area contributed by atoms with E-state index in [4.69, 9.17) is 4.74 Å². The average molecular weight is 189 g/mol. The molecule has 3 nitrogen and oxygen atoms in total. The summed E-state index contributed by atoms with van der Waals surface area (Å²) in [5.41, 5.74) is 1.94. The highest BCUT2D eigenvalue weighted by atomic mass is 16.5. The van der Waals surface area contributed by atoms with E-state index in [0.717, 1.165) is 11.3 Å². The highest BCUT2D eigenvalue weighted by Crippen LogP contribution is 2.27. The van der Waals surface area contributed by atoms with E-state index in [1.807, 2.05) is 30.3 Å². The molecule has 1 aliphatic rings. The van der Waals surface area contributed by atoms with E-state index < -0.39 is 0 Å². The van der Waals surface area contributed by atoms with Gasteiger partial charge in [-0.05, 0) is 18.2 Å². The molecule has 0 aromatic heterocycles. The second-order valence-corrected chi connectivity index (χ2v) is 3.09. The zero-order valence-electron chi connectivity index (χ0n) is 7.91. The van der Waals surface area contributed by atoms with Crippen LogP contribution in [0.25, 0.3) is 5.76 Å². The fourth-order valence-corrected chi connectivity index (χ4v) is 1.47. The predicted molar refractivity (Wildman–Crippen MR) is 54.7 cm³/mol. The van der Waals surface area contributed by atoms with E-state index in [1.165, 1.54) is 6.92 Å². The van der Waals surface area contributed by atoms with Crippen molar-refractivity contribution < 1.29 is 9.53 Å². The summed E-state index contributed by atoms with van der Waals surface area (Å²) in [6.45, 7) is 2.10. The van der Waals surface area contributed by atoms with Crippen molar-refractivity contribution >= 4 is 17.4 Å². The van der Waals surface area contributed by atoms with E-state index in [0.29, 0.717) is 12.3 Å². The van der Waals surface area contributed by atoms with Crippen molar-refractivity contribution in [2.75, 3.05) is 11.9 Å². The number of carbonyl (C=O) groups excluding carboxylic acids is 1. The first kappa shape index (κ1) is 8.81. The SMILES string of the molecule is CC(=O)OC1=CCNc2ccccc21. The minimum Gasteiger partial charge on any atom is -0.426 e. The van der Waals surface area contributed by atoms with Crippen LogP contribution in [0.15, 0.2) is 30.3 Å². The van der Waals surface area contributed by atoms with Gasteiger partial charge in [0.05, 0.1) is 0 Å². The molecule has 0 radical (unpaired) electrons. The largest absolute Gasteiger partial charge is 0.426 e. The van der Waals surface area contributed by atoms with Crippen LogP contribution in [0.3, 0.4) is 0 Å². The Hall–Kier alpha value is -1.77. The Kier molecular flexibility index (Phi) is 2.23. The lowest BCUT2D eigenvalue weighted by Crippen LogP contribution is -2.10. The summed E-state index contributed by atoms with van der Waals surface area (Å²) >= 11 is 0. The van der Waals surface area contributed by atoms with Gasteiger partial charge >= 0.3 is 5.97 Å². The van der Waals surface area contributed by atoms with Gasteiger partial charge in [0.25, 0.3) is 0 Å². The van der Waals surface area contributed by atoms with Crippen LogP contribution in [0.4, 0.5) is 5.69 Å². The van der Waals surface area contributed by atoms with Crippen LogP contribution in [-0.4, -0.2) is 12.5 Å². The highest BCUT2D eigenvalue weighted by Gasteiger charge is 2.13. The van der Waals surface area contributed by atoms with E-state index >= 15 is 0 Å². The van der Waals surface area contributed by atoms with Crippen molar-refractivity contribution in [3.63, 3.8) is 0 Å². The molecule has 1 aliphatic heterocycles. The fraction of sp³-hybridized carbons (Fsp3) is 0.182. The molecular weight excluding hydrogens is 178 g/mol. The number of esters is 1. The normalized spacial score (nSPS) is 13.6. The molecule has 0 unspecified atom stereocenters. The number of rotatable bonds is 1. The molecule has 72 valence electrons. The number of anilines is 1. The maximum atomic E-state index is 10.8. The van der Waals surface area contributed by atoms with E-state index in [2.05, 4.69) is 5.32 Å². The molecular formula is C11H11NO2. The molecule has 1 heterocycles. The first-order valence-electron chi connectivity index (χ1n) is 4.49. The Labute approximate surface area is 82.4 Å². The predicted octanol–water partition coefficient (Wildman–Crippen LogP) is 2.02. The Balaban J connectivity index is 2.35. The third kappa shape index (κ3) is 1.62. The zero-order valence-corrected chi connectivity index (χ0v) is 7.91. The molecule has 3 heteroatoms. The number of nitrogens with one attached hydrogen (secondary N) is 1. The van der Waals surface area contributed by atoms with E-state index in [-0.39, 0.29) is 5.97 Å². The summed E-state index contributed by atoms with van der Waals surface area (Å²) < 4.78 is 5.10. The van der Waals surface area contributed by atoms with Crippen molar-refractivity contribution in [1.29, 1.82) is 0 Å². The van der Waals surface area contributed by atoms with E-state index in [9.17, 15) is 4.79 Å². The molecule has 1 N–H and O–H groups in total. The van der Waals surface area contributed by atoms with Gasteiger partial charge in [-0.1, -0.05) is 12.1 Å². The first-order valence-corrected chi connectivity index (χ1v) is 4.49. The van der Waals surface area contributed by atoms with Gasteiger partial charge in [-0.15, -0.1) is 0 Å². The van der Waals surface area contributed by atoms with Crippen LogP contribution in [0.2, 0.25) is 0 Å². The smallest absolute Gasteiger partial charge is 0.308 e. The summed E-state index contributed by atoms with van der Waals surface area (Å²) in [7, 11) is 0. The van der Waals surface area contributed by atoms with Gasteiger partial charge < -0.3 is 10.1 Å². The molecule has 0 saturated heterocycles. The monoisotopic (exact) mass is 189 g/mol. The van der Waals surface area contributed by atoms with Crippen molar-refractivity contribution in [2.24, 2.45) is 0 Å². The van der Waals surface area contributed by atoms with Gasteiger partial charge in [-0.3, -0.25) is 4.79 Å². The molecule has 1 aromatic carbocycles. The molecule has 0 aliphatic carbocycles. The molecule has 2 rings (SSSR count). The van der Waals surface area contributed by atoms with Crippen molar-refractivity contribution in [1.82, 2.24) is 0 Å². The van der Waals surface area contributed by atoms with Crippen LogP contribution in [-0.2, 0) is 9.53 Å². The van der Waals surface area contributed by atoms with Crippen molar-refractivity contribution in [3.05, 3.63) is 35.9 Å². The maximum absolute atomic E-state index is 10.8. The van der Waals surface area contributed by atoms with Gasteiger partial charge in [-0.2, -0.15) is 0 Å². The number of carbonyl (C=O) groups is 1. The van der Waals surface area contributed by atoms with Crippen LogP contribution in [0.5, 0.6) is 0 Å². The van der Waals surface area contributed by atoms with Crippen LogP contribution in [0, 0.1) is 0 Å². The number of benzene rings is 1. The van der Waals surface area contributed by atoms with Crippen LogP contribution < -0.4 is 5.32 Å². The standard InChI is InChI=1S/C11H11NO2/c1-8(13)14-11-6-7-12-10-5-3-2-4-9(10)11/h2-6,12H,7H2,1H3. The van der Waals surface area contributed by atoms with Gasteiger partial charge in [0, 0.05) is 24.7 Å². The molecule has 0 bridgehead atoms. The molecule has 0 fully saturated rings. The first-order chi connectivity index (χ1) is 6.77. The number of fused-ring (bicyclic) bond motifs is 1. The lowest BCUT2D eigenvalue weighted by Gasteiger charge is -2.17. The Morgan fingerprint density at radius 1 is 1.43 bits per heavy atom. The topological polar surface area (TPSA) is 38.3 Å². The van der Waals surface area contributed by atoms with Gasteiger partial charge in [0.15, 0.2) is 0 Å². The minimum atomic E-state index is -0.284. The Morgan fingerprint density at radius 2 is 2.21 bits per heavy atom. The number of ether oxygens (including phenoxy) is 1. The average Bonchev–Trinajstić information content (AvgIpc) is 2.18. The number of para-hydroxylation sites is 1.